The van der Waals surface area contributed by atoms with Crippen molar-refractivity contribution in [3.8, 4) is 11.7 Å². The lowest BCUT2D eigenvalue weighted by Gasteiger charge is -2.30. The number of piperidine rings is 1. The summed E-state index contributed by atoms with van der Waals surface area (Å²) in [5, 5.41) is 8.74. The average Bonchev–Trinajstić information content (AvgIpc) is 3.32. The van der Waals surface area contributed by atoms with Crippen LogP contribution in [0.4, 0.5) is 0 Å². The number of amides is 1. The summed E-state index contributed by atoms with van der Waals surface area (Å²) in [5.41, 5.74) is 0.615. The van der Waals surface area contributed by atoms with Gasteiger partial charge in [0.05, 0.1) is 6.26 Å². The minimum absolute atomic E-state index is 0.00255. The zero-order valence-corrected chi connectivity index (χ0v) is 14.1. The highest BCUT2D eigenvalue weighted by Crippen LogP contribution is 2.30. The molecule has 1 aliphatic rings. The minimum Gasteiger partial charge on any atom is -0.459 e. The highest BCUT2D eigenvalue weighted by atomic mass is 35.5. The smallest absolute Gasteiger partial charge is 0.283 e. The molecule has 0 aliphatic carbocycles. The van der Waals surface area contributed by atoms with Crippen LogP contribution >= 0.6 is 11.6 Å². The van der Waals surface area contributed by atoms with Gasteiger partial charge in [-0.3, -0.25) is 4.79 Å². The van der Waals surface area contributed by atoms with E-state index < -0.39 is 0 Å². The maximum absolute atomic E-state index is 12.6. The van der Waals surface area contributed by atoms with E-state index in [1.165, 1.54) is 0 Å². The number of likely N-dealkylation sites (tertiary alicyclic amines) is 1. The number of carbonyl (C=O) groups excluding carboxylic acids is 1. The Bertz CT molecular complexity index is 867. The van der Waals surface area contributed by atoms with Crippen LogP contribution in [0.5, 0.6) is 0 Å². The van der Waals surface area contributed by atoms with Crippen LogP contribution < -0.4 is 0 Å². The van der Waals surface area contributed by atoms with Crippen molar-refractivity contribution in [2.75, 3.05) is 13.1 Å². The number of furan rings is 1. The predicted molar refractivity (Wildman–Crippen MR) is 91.3 cm³/mol. The van der Waals surface area contributed by atoms with Crippen molar-refractivity contribution in [3.05, 3.63) is 59.1 Å². The third-order valence-corrected chi connectivity index (χ3v) is 4.61. The molecule has 3 aromatic rings. The Morgan fingerprint density at radius 2 is 2.00 bits per heavy atom. The van der Waals surface area contributed by atoms with Gasteiger partial charge in [0.15, 0.2) is 5.76 Å². The number of halogens is 1. The fraction of sp³-hybridized carbons (Fsp3) is 0.278. The van der Waals surface area contributed by atoms with E-state index >= 15 is 0 Å². The molecule has 0 spiro atoms. The summed E-state index contributed by atoms with van der Waals surface area (Å²) in [5.74, 6) is 1.70. The van der Waals surface area contributed by atoms with Crippen molar-refractivity contribution < 1.29 is 13.6 Å². The minimum atomic E-state index is 0.00255. The third kappa shape index (κ3) is 3.30. The van der Waals surface area contributed by atoms with Gasteiger partial charge in [-0.1, -0.05) is 17.7 Å². The highest BCUT2D eigenvalue weighted by Gasteiger charge is 2.28. The van der Waals surface area contributed by atoms with E-state index in [0.29, 0.717) is 41.2 Å². The van der Waals surface area contributed by atoms with Crippen LogP contribution in [-0.2, 0) is 0 Å². The molecule has 1 saturated heterocycles. The van der Waals surface area contributed by atoms with Gasteiger partial charge in [-0.25, -0.2) is 0 Å². The molecule has 1 aromatic carbocycles. The molecule has 2 aromatic heterocycles. The van der Waals surface area contributed by atoms with Gasteiger partial charge in [0, 0.05) is 29.6 Å². The fourth-order valence-corrected chi connectivity index (χ4v) is 3.22. The normalized spacial score (nSPS) is 15.5. The van der Waals surface area contributed by atoms with Crippen LogP contribution in [0, 0.1) is 0 Å². The molecule has 1 fully saturated rings. The second-order valence-electron chi connectivity index (χ2n) is 6.00. The van der Waals surface area contributed by atoms with Crippen molar-refractivity contribution in [3.63, 3.8) is 0 Å². The molecule has 0 unspecified atom stereocenters. The standard InChI is InChI=1S/C18H16ClN3O3/c19-14-4-1-3-13(11-14)18(23)22-8-6-12(7-9-22)16-20-21-17(25-16)15-5-2-10-24-15/h1-5,10-12H,6-9H2. The lowest BCUT2D eigenvalue weighted by molar-refractivity contribution is 0.0706. The third-order valence-electron chi connectivity index (χ3n) is 4.38. The van der Waals surface area contributed by atoms with Crippen molar-refractivity contribution >= 4 is 17.5 Å². The molecule has 6 nitrogen and oxygen atoms in total. The van der Waals surface area contributed by atoms with Gasteiger partial charge in [-0.2, -0.15) is 0 Å². The van der Waals surface area contributed by atoms with Crippen LogP contribution in [0.3, 0.4) is 0 Å². The van der Waals surface area contributed by atoms with E-state index in [2.05, 4.69) is 10.2 Å². The van der Waals surface area contributed by atoms with Gasteiger partial charge < -0.3 is 13.7 Å². The molecule has 4 rings (SSSR count). The Kier molecular flexibility index (Phi) is 4.28. The van der Waals surface area contributed by atoms with E-state index in [-0.39, 0.29) is 11.8 Å². The maximum Gasteiger partial charge on any atom is 0.283 e. The van der Waals surface area contributed by atoms with Gasteiger partial charge in [-0.05, 0) is 43.2 Å². The number of nitrogens with zero attached hydrogens (tertiary/aromatic N) is 3. The van der Waals surface area contributed by atoms with Crippen LogP contribution in [0.2, 0.25) is 5.02 Å². The van der Waals surface area contributed by atoms with Crippen LogP contribution in [-0.4, -0.2) is 34.1 Å². The number of rotatable bonds is 3. The molecule has 0 atom stereocenters. The molecule has 7 heteroatoms. The zero-order chi connectivity index (χ0) is 17.2. The van der Waals surface area contributed by atoms with Gasteiger partial charge in [0.25, 0.3) is 11.8 Å². The predicted octanol–water partition coefficient (Wildman–Crippen LogP) is 4.00. The number of aromatic nitrogens is 2. The highest BCUT2D eigenvalue weighted by molar-refractivity contribution is 6.30. The SMILES string of the molecule is O=C(c1cccc(Cl)c1)N1CCC(c2nnc(-c3ccco3)o2)CC1. The molecular formula is C18H16ClN3O3. The summed E-state index contributed by atoms with van der Waals surface area (Å²) in [4.78, 5) is 14.4. The monoisotopic (exact) mass is 357 g/mol. The van der Waals surface area contributed by atoms with E-state index in [4.69, 9.17) is 20.4 Å². The first-order valence-corrected chi connectivity index (χ1v) is 8.50. The maximum atomic E-state index is 12.6. The second-order valence-corrected chi connectivity index (χ2v) is 6.44. The summed E-state index contributed by atoms with van der Waals surface area (Å²) in [6.45, 7) is 1.29. The molecule has 0 N–H and O–H groups in total. The van der Waals surface area contributed by atoms with E-state index in [1.807, 2.05) is 4.90 Å². The molecule has 0 bridgehead atoms. The van der Waals surface area contributed by atoms with Crippen molar-refractivity contribution in [2.24, 2.45) is 0 Å². The van der Waals surface area contributed by atoms with Crippen molar-refractivity contribution in [1.29, 1.82) is 0 Å². The average molecular weight is 358 g/mol. The first kappa shape index (κ1) is 15.9. The first-order chi connectivity index (χ1) is 12.2. The number of hydrogen-bond donors (Lipinski definition) is 0. The number of hydrogen-bond acceptors (Lipinski definition) is 5. The van der Waals surface area contributed by atoms with Gasteiger partial charge in [0.2, 0.25) is 5.89 Å². The quantitative estimate of drug-likeness (QED) is 0.708. The molecule has 1 aliphatic heterocycles. The molecule has 3 heterocycles. The van der Waals surface area contributed by atoms with Crippen LogP contribution in [0.25, 0.3) is 11.7 Å². The molecular weight excluding hydrogens is 342 g/mol. The Morgan fingerprint density at radius 1 is 1.16 bits per heavy atom. The van der Waals surface area contributed by atoms with Gasteiger partial charge >= 0.3 is 0 Å². The summed E-state index contributed by atoms with van der Waals surface area (Å²) in [6.07, 6.45) is 3.14. The zero-order valence-electron chi connectivity index (χ0n) is 13.4. The van der Waals surface area contributed by atoms with Crippen molar-refractivity contribution in [1.82, 2.24) is 15.1 Å². The Labute approximate surface area is 149 Å². The van der Waals surface area contributed by atoms with Crippen molar-refractivity contribution in [2.45, 2.75) is 18.8 Å². The van der Waals surface area contributed by atoms with Gasteiger partial charge in [0.1, 0.15) is 0 Å². The molecule has 25 heavy (non-hydrogen) atoms. The summed E-state index contributed by atoms with van der Waals surface area (Å²) >= 11 is 5.97. The van der Waals surface area contributed by atoms with E-state index in [0.717, 1.165) is 12.8 Å². The first-order valence-electron chi connectivity index (χ1n) is 8.13. The van der Waals surface area contributed by atoms with Gasteiger partial charge in [-0.15, -0.1) is 10.2 Å². The lowest BCUT2D eigenvalue weighted by atomic mass is 9.96. The van der Waals surface area contributed by atoms with E-state index in [1.54, 1.807) is 42.7 Å². The van der Waals surface area contributed by atoms with Crippen LogP contribution in [0.1, 0.15) is 35.0 Å². The lowest BCUT2D eigenvalue weighted by Crippen LogP contribution is -2.38. The molecule has 128 valence electrons. The number of carbonyl (C=O) groups is 1. The summed E-state index contributed by atoms with van der Waals surface area (Å²) < 4.78 is 11.0. The molecule has 0 saturated carbocycles. The van der Waals surface area contributed by atoms with Crippen LogP contribution in [0.15, 0.2) is 51.5 Å². The second kappa shape index (κ2) is 6.72. The summed E-state index contributed by atoms with van der Waals surface area (Å²) in [6, 6.07) is 10.6. The Balaban J connectivity index is 1.41. The summed E-state index contributed by atoms with van der Waals surface area (Å²) in [7, 11) is 0. The topological polar surface area (TPSA) is 72.4 Å². The fourth-order valence-electron chi connectivity index (χ4n) is 3.03. The number of benzene rings is 1. The molecule has 1 amide bonds. The Morgan fingerprint density at radius 3 is 2.72 bits per heavy atom. The molecule has 0 radical (unpaired) electrons. The Hall–Kier alpha value is -2.60. The largest absolute Gasteiger partial charge is 0.459 e. The van der Waals surface area contributed by atoms with E-state index in [9.17, 15) is 4.79 Å².